The molecule has 0 aliphatic rings. The third kappa shape index (κ3) is 80.9. The van der Waals surface area contributed by atoms with E-state index in [9.17, 15) is 9.59 Å². The van der Waals surface area contributed by atoms with Gasteiger partial charge in [0.05, 0.1) is 13.2 Å². The number of hydrogen-bond donors (Lipinski definition) is 4. The second kappa shape index (κ2) is 17.4. The molecule has 4 N–H and O–H groups in total. The number of aliphatic hydroxyl groups is 2. The maximum atomic E-state index is 9.25. The van der Waals surface area contributed by atoms with Crippen LogP contribution in [0, 0.1) is 0 Å². The van der Waals surface area contributed by atoms with Crippen molar-refractivity contribution in [3.63, 3.8) is 0 Å². The molecule has 0 aliphatic carbocycles. The predicted molar refractivity (Wildman–Crippen MR) is 49.8 cm³/mol. The van der Waals surface area contributed by atoms with Gasteiger partial charge in [0.1, 0.15) is 0 Å². The summed E-state index contributed by atoms with van der Waals surface area (Å²) < 4.78 is 0. The molecule has 0 radical (unpaired) electrons. The summed E-state index contributed by atoms with van der Waals surface area (Å²) in [6.45, 7) is 5.67. The van der Waals surface area contributed by atoms with Gasteiger partial charge in [-0.2, -0.15) is 0 Å². The molecule has 0 atom stereocenters. The zero-order valence-corrected chi connectivity index (χ0v) is 7.59. The molecule has 0 aromatic carbocycles. The van der Waals surface area contributed by atoms with Crippen LogP contribution in [0.2, 0.25) is 0 Å². The largest absolute Gasteiger partial charge is 0.478 e. The van der Waals surface area contributed by atoms with Crippen LogP contribution in [-0.2, 0) is 9.59 Å². The van der Waals surface area contributed by atoms with E-state index in [0.717, 1.165) is 12.2 Å². The van der Waals surface area contributed by atoms with Crippen molar-refractivity contribution < 1.29 is 30.0 Å². The minimum Gasteiger partial charge on any atom is -0.478 e. The fraction of sp³-hybridized carbons (Fsp3) is 0.250. The Labute approximate surface area is 81.4 Å². The van der Waals surface area contributed by atoms with Crippen LogP contribution in [0.3, 0.4) is 0 Å². The Morgan fingerprint density at radius 1 is 0.929 bits per heavy atom. The molecule has 0 rings (SSSR count). The zero-order chi connectivity index (χ0) is 12.0. The Kier molecular flexibility index (Phi) is 22.6. The molecule has 0 amide bonds. The van der Waals surface area contributed by atoms with Gasteiger partial charge in [0.2, 0.25) is 0 Å². The molecule has 0 aliphatic heterocycles. The highest BCUT2D eigenvalue weighted by Crippen LogP contribution is 1.55. The molecular formula is C8H14O6. The summed E-state index contributed by atoms with van der Waals surface area (Å²) in [5.41, 5.74) is 0. The van der Waals surface area contributed by atoms with Gasteiger partial charge in [-0.25, -0.2) is 9.59 Å². The van der Waals surface area contributed by atoms with Gasteiger partial charge in [0.25, 0.3) is 0 Å². The molecule has 0 saturated heterocycles. The monoisotopic (exact) mass is 206 g/mol. The Hall–Kier alpha value is -1.66. The lowest BCUT2D eigenvalue weighted by molar-refractivity contribution is -0.132. The quantitative estimate of drug-likeness (QED) is 0.462. The van der Waals surface area contributed by atoms with Gasteiger partial charge in [-0.3, -0.25) is 0 Å². The first kappa shape index (κ1) is 18.2. The van der Waals surface area contributed by atoms with Crippen LogP contribution in [0.5, 0.6) is 0 Å². The number of carboxylic acids is 2. The molecule has 6 heteroatoms. The summed E-state index contributed by atoms with van der Waals surface area (Å²) in [4.78, 5) is 18.5. The number of carboxylic acid groups (broad SMARTS) is 2. The van der Waals surface area contributed by atoms with E-state index in [1.54, 1.807) is 0 Å². The lowest BCUT2D eigenvalue weighted by Gasteiger charge is -1.70. The molecule has 14 heavy (non-hydrogen) atoms. The number of hydrogen-bond acceptors (Lipinski definition) is 4. The van der Waals surface area contributed by atoms with Gasteiger partial charge in [0, 0.05) is 12.2 Å². The number of aliphatic hydroxyl groups excluding tert-OH is 2. The van der Waals surface area contributed by atoms with E-state index in [2.05, 4.69) is 13.2 Å². The van der Waals surface area contributed by atoms with Crippen molar-refractivity contribution in [3.05, 3.63) is 25.3 Å². The fourth-order valence-electron chi connectivity index (χ4n) is 0. The van der Waals surface area contributed by atoms with Gasteiger partial charge in [-0.1, -0.05) is 13.2 Å². The highest BCUT2D eigenvalue weighted by Gasteiger charge is 1.73. The Morgan fingerprint density at radius 2 is 1.07 bits per heavy atom. The van der Waals surface area contributed by atoms with Crippen molar-refractivity contribution in [2.45, 2.75) is 0 Å². The highest BCUT2D eigenvalue weighted by atomic mass is 16.4. The van der Waals surface area contributed by atoms with Gasteiger partial charge in [0.15, 0.2) is 0 Å². The van der Waals surface area contributed by atoms with E-state index < -0.39 is 11.9 Å². The maximum absolute atomic E-state index is 9.25. The number of aliphatic carboxylic acids is 2. The molecule has 0 bridgehead atoms. The van der Waals surface area contributed by atoms with E-state index in [0.29, 0.717) is 0 Å². The van der Waals surface area contributed by atoms with Crippen LogP contribution in [0.25, 0.3) is 0 Å². The van der Waals surface area contributed by atoms with Crippen LogP contribution in [0.4, 0.5) is 0 Å². The standard InChI is InChI=1S/2C3H4O2.C2H6O2/c2*1-2-3(4)5;3-1-2-4/h2*2H,1H2,(H,4,5);3-4H,1-2H2. The van der Waals surface area contributed by atoms with Crippen LogP contribution >= 0.6 is 0 Å². The maximum Gasteiger partial charge on any atom is 0.327 e. The van der Waals surface area contributed by atoms with Gasteiger partial charge in [-0.05, 0) is 0 Å². The first-order valence-corrected chi connectivity index (χ1v) is 3.38. The molecule has 0 fully saturated rings. The summed E-state index contributed by atoms with van der Waals surface area (Å²) in [5.74, 6) is -1.96. The summed E-state index contributed by atoms with van der Waals surface area (Å²) in [6.07, 6.45) is 1.67. The smallest absolute Gasteiger partial charge is 0.327 e. The molecule has 82 valence electrons. The molecule has 0 aromatic rings. The van der Waals surface area contributed by atoms with Crippen molar-refractivity contribution in [1.29, 1.82) is 0 Å². The minimum atomic E-state index is -0.981. The second-order valence-electron chi connectivity index (χ2n) is 1.53. The van der Waals surface area contributed by atoms with Gasteiger partial charge in [-0.15, -0.1) is 0 Å². The highest BCUT2D eigenvalue weighted by molar-refractivity contribution is 5.79. The molecule has 0 aromatic heterocycles. The Balaban J connectivity index is -0.000000131. The molecule has 0 unspecified atom stereocenters. The van der Waals surface area contributed by atoms with Gasteiger partial charge < -0.3 is 20.4 Å². The van der Waals surface area contributed by atoms with E-state index in [4.69, 9.17) is 20.4 Å². The van der Waals surface area contributed by atoms with Crippen molar-refractivity contribution in [1.82, 2.24) is 0 Å². The zero-order valence-electron chi connectivity index (χ0n) is 7.59. The van der Waals surface area contributed by atoms with Crippen LogP contribution in [0.15, 0.2) is 25.3 Å². The molecular weight excluding hydrogens is 192 g/mol. The second-order valence-corrected chi connectivity index (χ2v) is 1.53. The lowest BCUT2D eigenvalue weighted by atomic mass is 10.7. The van der Waals surface area contributed by atoms with Crippen molar-refractivity contribution >= 4 is 11.9 Å². The Morgan fingerprint density at radius 3 is 1.07 bits per heavy atom. The topological polar surface area (TPSA) is 115 Å². The normalized spacial score (nSPS) is 6.71. The summed E-state index contributed by atoms with van der Waals surface area (Å²) in [6, 6.07) is 0. The lowest BCUT2D eigenvalue weighted by Crippen LogP contribution is -1.85. The molecule has 0 saturated carbocycles. The summed E-state index contributed by atoms with van der Waals surface area (Å²) in [5, 5.41) is 30.5. The average Bonchev–Trinajstić information content (AvgIpc) is 2.19. The van der Waals surface area contributed by atoms with Crippen LogP contribution in [-0.4, -0.2) is 45.6 Å². The first-order valence-electron chi connectivity index (χ1n) is 3.38. The van der Waals surface area contributed by atoms with E-state index in [-0.39, 0.29) is 13.2 Å². The SMILES string of the molecule is C=CC(=O)O.C=CC(=O)O.OCCO. The predicted octanol–water partition coefficient (Wildman–Crippen LogP) is -0.515. The van der Waals surface area contributed by atoms with Crippen LogP contribution < -0.4 is 0 Å². The Bertz CT molecular complexity index is 155. The van der Waals surface area contributed by atoms with E-state index in [1.807, 2.05) is 0 Å². The molecule has 0 spiro atoms. The third-order valence-corrected chi connectivity index (χ3v) is 0.449. The summed E-state index contributed by atoms with van der Waals surface area (Å²) in [7, 11) is 0. The van der Waals surface area contributed by atoms with Crippen molar-refractivity contribution in [2.24, 2.45) is 0 Å². The van der Waals surface area contributed by atoms with Crippen LogP contribution in [0.1, 0.15) is 0 Å². The molecule has 6 nitrogen and oxygen atoms in total. The summed E-state index contributed by atoms with van der Waals surface area (Å²) >= 11 is 0. The van der Waals surface area contributed by atoms with Crippen molar-refractivity contribution in [2.75, 3.05) is 13.2 Å². The first-order chi connectivity index (χ1) is 6.45. The number of carbonyl (C=O) groups is 2. The van der Waals surface area contributed by atoms with Gasteiger partial charge >= 0.3 is 11.9 Å². The van der Waals surface area contributed by atoms with Crippen molar-refractivity contribution in [3.8, 4) is 0 Å². The minimum absolute atomic E-state index is 0.125. The molecule has 0 heterocycles. The third-order valence-electron chi connectivity index (χ3n) is 0.449. The van der Waals surface area contributed by atoms with E-state index >= 15 is 0 Å². The number of rotatable bonds is 3. The average molecular weight is 206 g/mol. The fourth-order valence-corrected chi connectivity index (χ4v) is 0. The van der Waals surface area contributed by atoms with E-state index in [1.165, 1.54) is 0 Å².